The van der Waals surface area contributed by atoms with Crippen molar-refractivity contribution in [2.45, 2.75) is 36.6 Å². The minimum atomic E-state index is -5.51. The molecule has 0 saturated heterocycles. The Hall–Kier alpha value is -0.170. The van der Waals surface area contributed by atoms with Gasteiger partial charge < -0.3 is 56.7 Å². The molecular weight excluding hydrogens is 275 g/mol. The molecule has 0 aromatic heterocycles. The van der Waals surface area contributed by atoms with Gasteiger partial charge >= 0.3 is 0 Å². The molecule has 112 valence electrons. The molecule has 0 amide bonds. The van der Waals surface area contributed by atoms with E-state index in [2.05, 4.69) is 4.52 Å². The van der Waals surface area contributed by atoms with Crippen LogP contribution >= 0.6 is 7.82 Å². The Bertz CT molecular complexity index is 283. The van der Waals surface area contributed by atoms with Crippen molar-refractivity contribution < 1.29 is 44.4 Å². The number of aliphatic hydroxyl groups excluding tert-OH is 5. The molecule has 0 heterocycles. The monoisotopic (exact) mass is 294 g/mol. The van der Waals surface area contributed by atoms with Gasteiger partial charge in [-0.1, -0.05) is 0 Å². The van der Waals surface area contributed by atoms with Gasteiger partial charge in [0.2, 0.25) is 0 Å². The number of phosphoric ester groups is 1. The summed E-state index contributed by atoms with van der Waals surface area (Å²) in [5.41, 5.74) is 0. The SMILES string of the molecule is O=P([O-])([O-])OC1[C@@H](O)[C@@H](O)C(O)[C@H](O)[C@H]1O.[NH4+].[NH4+]. The smallest absolute Gasteiger partial charge is 0.120 e. The molecule has 1 aliphatic rings. The fourth-order valence-corrected chi connectivity index (χ4v) is 2.02. The van der Waals surface area contributed by atoms with E-state index in [1.165, 1.54) is 0 Å². The average molecular weight is 294 g/mol. The predicted molar refractivity (Wildman–Crippen MR) is 54.5 cm³/mol. The highest BCUT2D eigenvalue weighted by Gasteiger charge is 2.49. The molecule has 0 aromatic carbocycles. The molecule has 2 unspecified atom stereocenters. The van der Waals surface area contributed by atoms with Crippen LogP contribution in [0.25, 0.3) is 0 Å². The predicted octanol–water partition coefficient (Wildman–Crippen LogP) is -4.23. The van der Waals surface area contributed by atoms with Crippen LogP contribution in [0.4, 0.5) is 0 Å². The average Bonchev–Trinajstić information content (AvgIpc) is 2.17. The van der Waals surface area contributed by atoms with Crippen molar-refractivity contribution in [3.63, 3.8) is 0 Å². The first-order chi connectivity index (χ1) is 7.15. The molecule has 1 fully saturated rings. The fraction of sp³-hybridized carbons (Fsp3) is 1.00. The summed E-state index contributed by atoms with van der Waals surface area (Å²) in [6, 6.07) is 0. The van der Waals surface area contributed by atoms with E-state index in [9.17, 15) is 24.6 Å². The lowest BCUT2D eigenvalue weighted by atomic mass is 9.85. The lowest BCUT2D eigenvalue weighted by molar-refractivity contribution is -0.353. The molecule has 13 N–H and O–H groups in total. The van der Waals surface area contributed by atoms with Crippen LogP contribution in [0, 0.1) is 0 Å². The van der Waals surface area contributed by atoms with E-state index in [0.29, 0.717) is 0 Å². The minimum Gasteiger partial charge on any atom is -0.790 e. The van der Waals surface area contributed by atoms with Crippen molar-refractivity contribution >= 4 is 7.82 Å². The molecule has 18 heavy (non-hydrogen) atoms. The van der Waals surface area contributed by atoms with Crippen LogP contribution < -0.4 is 22.1 Å². The Morgan fingerprint density at radius 2 is 1.06 bits per heavy atom. The second-order valence-corrected chi connectivity index (χ2v) is 4.58. The first kappa shape index (κ1) is 20.2. The second kappa shape index (κ2) is 6.84. The van der Waals surface area contributed by atoms with E-state index in [1.807, 2.05) is 0 Å². The summed E-state index contributed by atoms with van der Waals surface area (Å²) < 4.78 is 14.1. The molecule has 0 aromatic rings. The Morgan fingerprint density at radius 1 is 0.778 bits per heavy atom. The highest BCUT2D eigenvalue weighted by Crippen LogP contribution is 2.34. The highest BCUT2D eigenvalue weighted by atomic mass is 31.2. The molecular formula is C6H19N2O9P. The zero-order valence-corrected chi connectivity index (χ0v) is 10.7. The normalized spacial score (nSPS) is 40.6. The van der Waals surface area contributed by atoms with Crippen molar-refractivity contribution in [1.82, 2.24) is 12.3 Å². The largest absolute Gasteiger partial charge is 0.790 e. The number of phosphoric acid groups is 1. The van der Waals surface area contributed by atoms with Crippen LogP contribution in [0.2, 0.25) is 0 Å². The Kier molecular flexibility index (Phi) is 7.66. The summed E-state index contributed by atoms with van der Waals surface area (Å²) in [7, 11) is -5.51. The fourth-order valence-electron chi connectivity index (χ4n) is 1.47. The second-order valence-electron chi connectivity index (χ2n) is 3.47. The molecule has 12 heteroatoms. The van der Waals surface area contributed by atoms with Gasteiger partial charge in [-0.3, -0.25) is 0 Å². The summed E-state index contributed by atoms with van der Waals surface area (Å²) >= 11 is 0. The third-order valence-electron chi connectivity index (χ3n) is 2.32. The molecule has 0 spiro atoms. The van der Waals surface area contributed by atoms with E-state index >= 15 is 0 Å². The number of rotatable bonds is 2. The molecule has 0 bridgehead atoms. The highest BCUT2D eigenvalue weighted by molar-refractivity contribution is 7.43. The summed E-state index contributed by atoms with van der Waals surface area (Å²) in [6.07, 6.45) is -11.8. The van der Waals surface area contributed by atoms with Gasteiger partial charge in [-0.05, 0) is 0 Å². The third kappa shape index (κ3) is 4.19. The van der Waals surface area contributed by atoms with E-state index in [4.69, 9.17) is 15.3 Å². The summed E-state index contributed by atoms with van der Waals surface area (Å²) in [5, 5.41) is 45.9. The van der Waals surface area contributed by atoms with Crippen LogP contribution in [0.1, 0.15) is 0 Å². The maximum absolute atomic E-state index is 10.3. The molecule has 6 atom stereocenters. The number of quaternary nitrogens is 2. The molecule has 0 radical (unpaired) electrons. The zero-order valence-electron chi connectivity index (χ0n) is 9.78. The molecule has 1 saturated carbocycles. The van der Waals surface area contributed by atoms with Gasteiger partial charge in [-0.25, -0.2) is 0 Å². The van der Waals surface area contributed by atoms with Crippen molar-refractivity contribution in [1.29, 1.82) is 0 Å². The quantitative estimate of drug-likeness (QED) is 0.243. The van der Waals surface area contributed by atoms with Crippen LogP contribution in [-0.4, -0.2) is 62.2 Å². The maximum Gasteiger partial charge on any atom is 0.120 e. The van der Waals surface area contributed by atoms with Crippen molar-refractivity contribution in [3.05, 3.63) is 0 Å². The lowest BCUT2D eigenvalue weighted by Crippen LogP contribution is -2.64. The van der Waals surface area contributed by atoms with Gasteiger partial charge in [0.1, 0.15) is 36.6 Å². The number of hydrogen-bond acceptors (Lipinski definition) is 9. The van der Waals surface area contributed by atoms with E-state index in [1.54, 1.807) is 0 Å². The van der Waals surface area contributed by atoms with Gasteiger partial charge in [-0.2, -0.15) is 0 Å². The van der Waals surface area contributed by atoms with Crippen molar-refractivity contribution in [2.24, 2.45) is 0 Å². The van der Waals surface area contributed by atoms with Crippen LogP contribution in [0.3, 0.4) is 0 Å². The van der Waals surface area contributed by atoms with Crippen LogP contribution in [0.15, 0.2) is 0 Å². The topological polar surface area (TPSA) is 247 Å². The van der Waals surface area contributed by atoms with Gasteiger partial charge in [0.15, 0.2) is 0 Å². The maximum atomic E-state index is 10.3. The van der Waals surface area contributed by atoms with Gasteiger partial charge in [-0.15, -0.1) is 0 Å². The summed E-state index contributed by atoms with van der Waals surface area (Å²) in [6.45, 7) is 0. The Morgan fingerprint density at radius 3 is 1.33 bits per heavy atom. The van der Waals surface area contributed by atoms with Gasteiger partial charge in [0.25, 0.3) is 0 Å². The first-order valence-corrected chi connectivity index (χ1v) is 5.72. The number of aliphatic hydroxyl groups is 5. The third-order valence-corrected chi connectivity index (χ3v) is 2.83. The summed E-state index contributed by atoms with van der Waals surface area (Å²) in [4.78, 5) is 20.6. The number of hydrogen-bond donors (Lipinski definition) is 7. The van der Waals surface area contributed by atoms with E-state index < -0.39 is 44.4 Å². The van der Waals surface area contributed by atoms with Crippen LogP contribution in [-0.2, 0) is 9.09 Å². The van der Waals surface area contributed by atoms with Gasteiger partial charge in [0, 0.05) is 0 Å². The molecule has 1 rings (SSSR count). The first-order valence-electron chi connectivity index (χ1n) is 4.26. The molecule has 11 nitrogen and oxygen atoms in total. The Balaban J connectivity index is 0. The zero-order chi connectivity index (χ0) is 12.7. The van der Waals surface area contributed by atoms with Gasteiger partial charge in [0.05, 0.1) is 7.82 Å². The van der Waals surface area contributed by atoms with Crippen LogP contribution in [0.5, 0.6) is 0 Å². The molecule has 1 aliphatic carbocycles. The Labute approximate surface area is 102 Å². The molecule has 0 aliphatic heterocycles. The minimum absolute atomic E-state index is 0. The lowest BCUT2D eigenvalue weighted by Gasteiger charge is -2.45. The van der Waals surface area contributed by atoms with E-state index in [-0.39, 0.29) is 12.3 Å². The summed E-state index contributed by atoms with van der Waals surface area (Å²) in [5.74, 6) is 0. The van der Waals surface area contributed by atoms with Crippen molar-refractivity contribution in [2.75, 3.05) is 0 Å². The van der Waals surface area contributed by atoms with E-state index in [0.717, 1.165) is 0 Å². The van der Waals surface area contributed by atoms with Crippen molar-refractivity contribution in [3.8, 4) is 0 Å². The standard InChI is InChI=1S/C6H13O9P.2H3N/c7-1-2(8)4(10)6(5(11)3(1)9)15-16(12,13)14;;/h1-11H,(H2,12,13,14);2*1H3/t1?,2-,3-,4-,5+,6?;;/m0../s1.